The normalized spacial score (nSPS) is 18.2. The van der Waals surface area contributed by atoms with E-state index in [1.807, 2.05) is 5.31 Å². The predicted molar refractivity (Wildman–Crippen MR) is 137 cm³/mol. The molecular formula is C30H33Cl2PTi. The first kappa shape index (κ1) is 27.7. The van der Waals surface area contributed by atoms with Gasteiger partial charge in [-0.1, -0.05) is 0 Å². The van der Waals surface area contributed by atoms with E-state index in [4.69, 9.17) is 0 Å². The Balaban J connectivity index is 0.00000162. The van der Waals surface area contributed by atoms with Crippen molar-refractivity contribution in [3.63, 3.8) is 0 Å². The summed E-state index contributed by atoms with van der Waals surface area (Å²) in [5.41, 5.74) is 10.8. The van der Waals surface area contributed by atoms with Gasteiger partial charge in [0.15, 0.2) is 0 Å². The van der Waals surface area contributed by atoms with Crippen molar-refractivity contribution in [1.29, 1.82) is 0 Å². The number of allylic oxidation sites excluding steroid dienone is 1. The van der Waals surface area contributed by atoms with Crippen LogP contribution in [0.4, 0.5) is 0 Å². The van der Waals surface area contributed by atoms with Gasteiger partial charge in [0.25, 0.3) is 0 Å². The van der Waals surface area contributed by atoms with Crippen molar-refractivity contribution in [1.82, 2.24) is 0 Å². The van der Waals surface area contributed by atoms with Gasteiger partial charge in [0.2, 0.25) is 0 Å². The summed E-state index contributed by atoms with van der Waals surface area (Å²) in [6.45, 7) is 9.80. The first-order valence-corrected chi connectivity index (χ1v) is 15.5. The monoisotopic (exact) mass is 542 g/mol. The third kappa shape index (κ3) is 4.87. The van der Waals surface area contributed by atoms with E-state index >= 15 is 0 Å². The molecule has 0 saturated heterocycles. The summed E-state index contributed by atoms with van der Waals surface area (Å²) in [6, 6.07) is 27.7. The molecule has 34 heavy (non-hydrogen) atoms. The second-order valence-electron chi connectivity index (χ2n) is 9.33. The Labute approximate surface area is 228 Å². The minimum Gasteiger partial charge on any atom is -1.00 e. The minimum absolute atomic E-state index is 0. The van der Waals surface area contributed by atoms with Crippen LogP contribution in [0, 0.1) is 0 Å². The number of halogens is 2. The second-order valence-corrected chi connectivity index (χ2v) is 14.7. The molecule has 0 amide bonds. The smallest absolute Gasteiger partial charge is 1.00 e. The minimum atomic E-state index is -0.317. The summed E-state index contributed by atoms with van der Waals surface area (Å²) < 4.78 is 1.26. The van der Waals surface area contributed by atoms with Crippen LogP contribution in [-0.4, -0.2) is 11.3 Å². The van der Waals surface area contributed by atoms with Gasteiger partial charge in [-0.3, -0.25) is 0 Å². The number of benzene rings is 3. The Hall–Kier alpha value is -0.876. The van der Waals surface area contributed by atoms with Gasteiger partial charge in [0.05, 0.1) is 0 Å². The van der Waals surface area contributed by atoms with Crippen LogP contribution in [0.2, 0.25) is 0 Å². The number of hydrogen-bond acceptors (Lipinski definition) is 0. The van der Waals surface area contributed by atoms with Gasteiger partial charge in [-0.05, 0) is 0 Å². The van der Waals surface area contributed by atoms with E-state index in [0.29, 0.717) is 8.45 Å². The molecule has 0 spiro atoms. The van der Waals surface area contributed by atoms with E-state index in [1.165, 1.54) is 29.5 Å². The summed E-state index contributed by atoms with van der Waals surface area (Å²) >= 11 is -0.317. The van der Waals surface area contributed by atoms with Crippen molar-refractivity contribution in [2.75, 3.05) is 0 Å². The van der Waals surface area contributed by atoms with E-state index in [1.54, 1.807) is 16.7 Å². The van der Waals surface area contributed by atoms with Crippen LogP contribution in [-0.2, 0) is 19.2 Å². The topological polar surface area (TPSA) is 0 Å². The van der Waals surface area contributed by atoms with Gasteiger partial charge < -0.3 is 24.8 Å². The molecule has 0 nitrogen and oxygen atoms in total. The van der Waals surface area contributed by atoms with E-state index in [9.17, 15) is 0 Å². The molecule has 0 bridgehead atoms. The van der Waals surface area contributed by atoms with Crippen LogP contribution in [0.25, 0.3) is 17.2 Å². The Bertz CT molecular complexity index is 1100. The van der Waals surface area contributed by atoms with Crippen molar-refractivity contribution in [2.24, 2.45) is 0 Å². The maximum atomic E-state index is 2.63. The summed E-state index contributed by atoms with van der Waals surface area (Å²) in [7, 11) is -0.133. The Morgan fingerprint density at radius 2 is 1.15 bits per heavy atom. The van der Waals surface area contributed by atoms with E-state index in [0.717, 1.165) is 11.3 Å². The first-order valence-electron chi connectivity index (χ1n) is 12.2. The van der Waals surface area contributed by atoms with Crippen LogP contribution in [0.5, 0.6) is 0 Å². The number of rotatable bonds is 7. The molecule has 2 aliphatic carbocycles. The van der Waals surface area contributed by atoms with Crippen molar-refractivity contribution >= 4 is 14.0 Å². The zero-order valence-corrected chi connectivity index (χ0v) is 24.4. The molecule has 0 heterocycles. The summed E-state index contributed by atoms with van der Waals surface area (Å²) in [4.78, 5) is 0. The zero-order chi connectivity index (χ0) is 22.2. The van der Waals surface area contributed by atoms with Crippen molar-refractivity contribution in [3.8, 4) is 11.1 Å². The van der Waals surface area contributed by atoms with Crippen LogP contribution >= 0.6 is 7.92 Å². The molecule has 4 heteroatoms. The van der Waals surface area contributed by atoms with Gasteiger partial charge >= 0.3 is 205 Å². The quantitative estimate of drug-likeness (QED) is 0.318. The summed E-state index contributed by atoms with van der Waals surface area (Å²) in [5.74, 6) is 0. The Kier molecular flexibility index (Phi) is 9.70. The molecule has 3 aromatic carbocycles. The molecule has 176 valence electrons. The molecule has 3 unspecified atom stereocenters. The van der Waals surface area contributed by atoms with Crippen LogP contribution in [0.15, 0.2) is 78.1 Å². The van der Waals surface area contributed by atoms with Crippen LogP contribution in [0.3, 0.4) is 0 Å². The van der Waals surface area contributed by atoms with Crippen LogP contribution in [0.1, 0.15) is 71.2 Å². The van der Waals surface area contributed by atoms with Gasteiger partial charge in [0, 0.05) is 0 Å². The zero-order valence-electron chi connectivity index (χ0n) is 20.4. The van der Waals surface area contributed by atoms with Crippen molar-refractivity contribution in [2.45, 2.75) is 60.3 Å². The van der Waals surface area contributed by atoms with Gasteiger partial charge in [0.1, 0.15) is 0 Å². The molecule has 0 aliphatic heterocycles. The third-order valence-electron chi connectivity index (χ3n) is 7.50. The number of hydrogen-bond donors (Lipinski definition) is 0. The maximum Gasteiger partial charge on any atom is -1.00 e. The largest absolute Gasteiger partial charge is 1.00 e. The number of fused-ring (bicyclic) bond motifs is 4. The Morgan fingerprint density at radius 3 is 1.68 bits per heavy atom. The fourth-order valence-electron chi connectivity index (χ4n) is 5.54. The van der Waals surface area contributed by atoms with E-state index in [2.05, 4.69) is 107 Å². The fourth-order valence-corrected chi connectivity index (χ4v) is 12.9. The first-order chi connectivity index (χ1) is 15.6. The second kappa shape index (κ2) is 11.9. The molecule has 5 rings (SSSR count). The predicted octanol–water partition coefficient (Wildman–Crippen LogP) is 3.02. The van der Waals surface area contributed by atoms with Gasteiger partial charge in [-0.25, -0.2) is 0 Å². The average molecular weight is 543 g/mol. The molecule has 2 aliphatic rings. The third-order valence-corrected chi connectivity index (χ3v) is 14.5. The molecule has 0 N–H and O–H groups in total. The molecule has 0 radical (unpaired) electrons. The molecular weight excluding hydrogens is 510 g/mol. The molecule has 0 aromatic heterocycles. The van der Waals surface area contributed by atoms with Crippen molar-refractivity contribution in [3.05, 3.63) is 100 Å². The molecule has 3 aromatic rings. The van der Waals surface area contributed by atoms with Crippen molar-refractivity contribution < 1.29 is 44.0 Å². The Morgan fingerprint density at radius 1 is 0.676 bits per heavy atom. The molecule has 0 fully saturated rings. The molecule has 3 atom stereocenters. The molecule has 0 saturated carbocycles. The van der Waals surface area contributed by atoms with E-state index in [-0.39, 0.29) is 51.9 Å². The standard InChI is InChI=1S/C17H24P.C13H9.2ClH.Ti/c1-5-13(3)18(14(4)6-2)17-11-15-9-7-8-10-16(15)12-17;1-3-7-12-10(5-1)9-11-6-2-4-8-13(11)12;;;/h7-14H,5-6H2,1-4H3;1-9H;2*1H;/q;;;;+2/p-2. The van der Waals surface area contributed by atoms with Gasteiger partial charge in [-0.2, -0.15) is 0 Å². The van der Waals surface area contributed by atoms with E-state index < -0.39 is 0 Å². The van der Waals surface area contributed by atoms with Gasteiger partial charge in [-0.15, -0.1) is 0 Å². The average Bonchev–Trinajstić information content (AvgIpc) is 3.35. The summed E-state index contributed by atoms with van der Waals surface area (Å²) in [6.07, 6.45) is 5.19. The maximum absolute atomic E-state index is 2.63. The summed E-state index contributed by atoms with van der Waals surface area (Å²) in [5, 5.41) is 1.81. The SMILES string of the molecule is CCC(C)P(C1=Cc2ccccc2[CH]1[Ti+2][CH]1c2ccccc2-c2ccccc21)C(C)CC.[Cl-].[Cl-]. The van der Waals surface area contributed by atoms with Crippen LogP contribution < -0.4 is 24.8 Å². The fraction of sp³-hybridized carbons (Fsp3) is 0.333.